The van der Waals surface area contributed by atoms with Gasteiger partial charge in [-0.25, -0.2) is 0 Å². The van der Waals surface area contributed by atoms with E-state index in [1.54, 1.807) is 49.7 Å². The summed E-state index contributed by atoms with van der Waals surface area (Å²) in [6, 6.07) is 45.6. The monoisotopic (exact) mass is 1830 g/mol. The van der Waals surface area contributed by atoms with E-state index in [0.29, 0.717) is 59.2 Å². The number of hydrogen-bond donors (Lipinski definition) is 0. The van der Waals surface area contributed by atoms with Crippen LogP contribution in [0.2, 0.25) is 13.3 Å². The van der Waals surface area contributed by atoms with Crippen molar-refractivity contribution in [2.75, 3.05) is 0 Å². The molecule has 0 amide bonds. The standard InChI is InChI=1S/C113H147S.3C4H9.Sn/c1-21-33-36-81(31-11)69-112(70-82(32-12)37-34-22-2)101-58-85(41-46-93(101)94-47-43-88(60-102(94)112)104-38-35-53-114-104)83-39-44-91-92-45-40-84(57-100(92)111(99(91)56-83,65-77(17)27-7)66-78(18)28-8)86-42-48-95-103(59-86)113(67-79(19)29-9,68-80(20)30-10)108-97-55-89-71-109(61-73(13)23-3,62-74(14)24-4)52-50-90(89)105(97)96-54-87-49-51-110(63-75(15)25-5,64-76(16)26-6)72-98(87)106(96)107(95)108;3*1-3-4-2;/h35,38-52,54-60,71-82H,21-34,36-37,61-70H2,1-20H3;3*1,3-4H2,2H3;. The summed E-state index contributed by atoms with van der Waals surface area (Å²) in [6.45, 7) is 57.4. The van der Waals surface area contributed by atoms with Gasteiger partial charge in [-0.1, -0.05) is 243 Å². The number of benzene rings is 6. The molecule has 0 saturated carbocycles. The molecule has 0 spiro atoms. The normalized spacial score (nSPS) is 22.6. The summed E-state index contributed by atoms with van der Waals surface area (Å²) in [5, 5.41) is 3.07. The SMILES string of the molecule is CCCCC(CC)CC1(CC(CC)CCCC)c2cc(-c3ccc4c(c3)C(CC(C)CC)(CC(C)CC)c3cc(-c5ccc6c(c5)C(CC(C)CC)(CC(C)CC)c5c-6c6c(c7c5=CC5=CC(CC(C)CC)(CC(C)CC)C=CC=75)C=C5C=CC(CC(C)CC)(CC(C)CC)C=C56)ccc3-4)ccc2-c2ccc(-c3cc[c]([Sn]([CH2]CCC)([CH2]CCC)[CH2]CCC)s3)cc21. The molecule has 10 unspecified atom stereocenters. The third-order valence-electron chi connectivity index (χ3n) is 35.1. The summed E-state index contributed by atoms with van der Waals surface area (Å²) in [6.07, 6.45) is 61.6. The zero-order valence-electron chi connectivity index (χ0n) is 84.9. The summed E-state index contributed by atoms with van der Waals surface area (Å²) < 4.78 is 6.43. The maximum atomic E-state index is 2.88. The summed E-state index contributed by atoms with van der Waals surface area (Å²) in [5.41, 5.74) is 34.3. The molecule has 14 rings (SSSR count). The Kier molecular flexibility index (Phi) is 32.0. The van der Waals surface area contributed by atoms with Crippen LogP contribution in [0, 0.1) is 70.0 Å². The molecule has 684 valence electrons. The van der Waals surface area contributed by atoms with Gasteiger partial charge in [0.1, 0.15) is 0 Å². The molecule has 1 heterocycles. The molecule has 0 fully saturated rings. The van der Waals surface area contributed by atoms with Gasteiger partial charge in [0.25, 0.3) is 0 Å². The Labute approximate surface area is 785 Å². The zero-order chi connectivity index (χ0) is 90.5. The molecule has 10 atom stereocenters. The molecular formula is C125H174SSn. The van der Waals surface area contributed by atoms with E-state index in [-0.39, 0.29) is 27.1 Å². The van der Waals surface area contributed by atoms with Crippen LogP contribution < -0.4 is 13.3 Å². The molecule has 7 aliphatic rings. The first-order valence-electron chi connectivity index (χ1n) is 53.7. The zero-order valence-corrected chi connectivity index (χ0v) is 88.5. The van der Waals surface area contributed by atoms with Crippen LogP contribution >= 0.6 is 11.3 Å². The Hall–Kier alpha value is -5.74. The van der Waals surface area contributed by atoms with Crippen molar-refractivity contribution in [3.05, 3.63) is 206 Å². The molecular weight excluding hydrogens is 1650 g/mol. The van der Waals surface area contributed by atoms with Crippen molar-refractivity contribution in [3.63, 3.8) is 0 Å². The van der Waals surface area contributed by atoms with Gasteiger partial charge in [0.05, 0.1) is 0 Å². The predicted molar refractivity (Wildman–Crippen MR) is 567 cm³/mol. The van der Waals surface area contributed by atoms with E-state index in [0.717, 1.165) is 38.5 Å². The average molecular weight is 1830 g/mol. The van der Waals surface area contributed by atoms with Gasteiger partial charge in [-0.3, -0.25) is 0 Å². The van der Waals surface area contributed by atoms with Crippen LogP contribution in [0.5, 0.6) is 0 Å². The van der Waals surface area contributed by atoms with Crippen LogP contribution in [-0.2, 0) is 16.2 Å². The second-order valence-corrected chi connectivity index (χ2v) is 59.8. The molecule has 0 N–H and O–H groups in total. The molecule has 0 saturated heterocycles. The third-order valence-corrected chi connectivity index (χ3v) is 54.5. The van der Waals surface area contributed by atoms with Crippen molar-refractivity contribution < 1.29 is 0 Å². The van der Waals surface area contributed by atoms with Crippen molar-refractivity contribution in [1.29, 1.82) is 0 Å². The first-order chi connectivity index (χ1) is 61.3. The van der Waals surface area contributed by atoms with E-state index < -0.39 is 18.4 Å². The Morgan fingerprint density at radius 2 is 0.685 bits per heavy atom. The van der Waals surface area contributed by atoms with Crippen molar-refractivity contribution >= 4 is 55.9 Å². The summed E-state index contributed by atoms with van der Waals surface area (Å²) in [4.78, 5) is 1.53. The second-order valence-electron chi connectivity index (χ2n) is 44.6. The maximum absolute atomic E-state index is 2.88. The van der Waals surface area contributed by atoms with Crippen molar-refractivity contribution in [1.82, 2.24) is 0 Å². The molecule has 7 aromatic rings. The molecule has 127 heavy (non-hydrogen) atoms. The molecule has 1 aromatic heterocycles. The van der Waals surface area contributed by atoms with Crippen molar-refractivity contribution in [2.24, 2.45) is 70.0 Å². The van der Waals surface area contributed by atoms with E-state index in [9.17, 15) is 0 Å². The number of hydrogen-bond acceptors (Lipinski definition) is 1. The number of allylic oxidation sites excluding steroid dienone is 9. The van der Waals surface area contributed by atoms with Crippen LogP contribution in [0.3, 0.4) is 0 Å². The molecule has 6 aromatic carbocycles. The Bertz CT molecular complexity index is 5200. The fourth-order valence-electron chi connectivity index (χ4n) is 26.4. The number of rotatable bonds is 49. The minimum absolute atomic E-state index is 0.0129. The van der Waals surface area contributed by atoms with Gasteiger partial charge >= 0.3 is 305 Å². The predicted octanol–water partition coefficient (Wildman–Crippen LogP) is 37.1. The van der Waals surface area contributed by atoms with E-state index in [4.69, 9.17) is 0 Å². The Morgan fingerprint density at radius 1 is 0.323 bits per heavy atom. The van der Waals surface area contributed by atoms with Gasteiger partial charge in [0, 0.05) is 21.7 Å². The summed E-state index contributed by atoms with van der Waals surface area (Å²) in [5.74, 6) is 5.97. The molecule has 7 aliphatic carbocycles. The van der Waals surface area contributed by atoms with E-state index >= 15 is 0 Å². The third kappa shape index (κ3) is 19.0. The molecule has 2 heteroatoms. The first-order valence-corrected chi connectivity index (χ1v) is 62.0. The van der Waals surface area contributed by atoms with E-state index in [2.05, 4.69) is 322 Å². The van der Waals surface area contributed by atoms with Crippen LogP contribution in [0.4, 0.5) is 0 Å². The van der Waals surface area contributed by atoms with Crippen molar-refractivity contribution in [2.45, 2.75) is 394 Å². The fraction of sp³-hybridized carbons (Fsp3) is 0.584. The van der Waals surface area contributed by atoms with E-state index in [1.807, 2.05) is 2.89 Å². The fourth-order valence-corrected chi connectivity index (χ4v) is 46.6. The quantitative estimate of drug-likeness (QED) is 0.0334. The summed E-state index contributed by atoms with van der Waals surface area (Å²) in [7, 11) is 0. The topological polar surface area (TPSA) is 0 Å². The summed E-state index contributed by atoms with van der Waals surface area (Å²) >= 11 is -0.435. The Morgan fingerprint density at radius 3 is 1.09 bits per heavy atom. The Balaban J connectivity index is 0.953. The van der Waals surface area contributed by atoms with Crippen molar-refractivity contribution in [3.8, 4) is 66.1 Å². The number of fused-ring (bicyclic) bond motifs is 17. The van der Waals surface area contributed by atoms with Gasteiger partial charge < -0.3 is 0 Å². The van der Waals surface area contributed by atoms with Crippen LogP contribution in [0.15, 0.2) is 151 Å². The molecule has 0 bridgehead atoms. The van der Waals surface area contributed by atoms with Gasteiger partial charge in [0.2, 0.25) is 0 Å². The first kappa shape index (κ1) is 97.3. The number of thiophene rings is 1. The van der Waals surface area contributed by atoms with Crippen LogP contribution in [0.25, 0.3) is 89.4 Å². The minimum atomic E-state index is -2.69. The number of unbranched alkanes of at least 4 members (excludes halogenated alkanes) is 5. The van der Waals surface area contributed by atoms with Crippen LogP contribution in [-0.4, -0.2) is 18.4 Å². The van der Waals surface area contributed by atoms with Gasteiger partial charge in [-0.2, -0.15) is 0 Å². The second kappa shape index (κ2) is 41.8. The molecule has 0 nitrogen and oxygen atoms in total. The van der Waals surface area contributed by atoms with Crippen LogP contribution in [0.1, 0.15) is 409 Å². The van der Waals surface area contributed by atoms with Gasteiger partial charge in [0.15, 0.2) is 0 Å². The van der Waals surface area contributed by atoms with E-state index in [1.165, 1.54) is 274 Å². The molecule has 0 aliphatic heterocycles. The van der Waals surface area contributed by atoms with Gasteiger partial charge in [-0.05, 0) is 222 Å². The average Bonchev–Trinajstić information content (AvgIpc) is 1.50. The van der Waals surface area contributed by atoms with Gasteiger partial charge in [-0.15, -0.1) is 0 Å². The molecule has 0 radical (unpaired) electrons.